The SMILES string of the molecule is CC(N)c1ccc(N(C)Cc2ccncc2)c(F)c1. The Morgan fingerprint density at radius 1 is 1.26 bits per heavy atom. The Balaban J connectivity index is 2.17. The summed E-state index contributed by atoms with van der Waals surface area (Å²) in [6, 6.07) is 8.83. The average molecular weight is 259 g/mol. The summed E-state index contributed by atoms with van der Waals surface area (Å²) in [6.07, 6.45) is 3.47. The van der Waals surface area contributed by atoms with E-state index in [9.17, 15) is 4.39 Å². The predicted octanol–water partition coefficient (Wildman–Crippen LogP) is 2.88. The van der Waals surface area contributed by atoms with Crippen LogP contribution in [0.2, 0.25) is 0 Å². The number of halogens is 1. The van der Waals surface area contributed by atoms with E-state index in [1.54, 1.807) is 18.5 Å². The van der Waals surface area contributed by atoms with Gasteiger partial charge in [-0.25, -0.2) is 4.39 Å². The van der Waals surface area contributed by atoms with E-state index in [1.165, 1.54) is 6.07 Å². The largest absolute Gasteiger partial charge is 0.368 e. The molecule has 1 atom stereocenters. The van der Waals surface area contributed by atoms with Crippen molar-refractivity contribution in [1.82, 2.24) is 4.98 Å². The average Bonchev–Trinajstić information content (AvgIpc) is 2.39. The van der Waals surface area contributed by atoms with Gasteiger partial charge >= 0.3 is 0 Å². The number of hydrogen-bond donors (Lipinski definition) is 1. The molecule has 0 aliphatic carbocycles. The van der Waals surface area contributed by atoms with Crippen LogP contribution in [0, 0.1) is 5.82 Å². The van der Waals surface area contributed by atoms with Crippen LogP contribution in [-0.2, 0) is 6.54 Å². The lowest BCUT2D eigenvalue weighted by molar-refractivity contribution is 0.617. The van der Waals surface area contributed by atoms with E-state index in [1.807, 2.05) is 37.1 Å². The molecule has 0 aliphatic heterocycles. The Hall–Kier alpha value is -1.94. The van der Waals surface area contributed by atoms with Crippen LogP contribution in [0.25, 0.3) is 0 Å². The smallest absolute Gasteiger partial charge is 0.146 e. The van der Waals surface area contributed by atoms with Crippen molar-refractivity contribution in [2.75, 3.05) is 11.9 Å². The van der Waals surface area contributed by atoms with Gasteiger partial charge < -0.3 is 10.6 Å². The maximum Gasteiger partial charge on any atom is 0.146 e. The van der Waals surface area contributed by atoms with Crippen LogP contribution in [0.3, 0.4) is 0 Å². The zero-order chi connectivity index (χ0) is 13.8. The van der Waals surface area contributed by atoms with E-state index in [4.69, 9.17) is 5.73 Å². The highest BCUT2D eigenvalue weighted by Gasteiger charge is 2.10. The molecular weight excluding hydrogens is 241 g/mol. The number of anilines is 1. The molecule has 0 radical (unpaired) electrons. The molecule has 3 nitrogen and oxygen atoms in total. The fraction of sp³-hybridized carbons (Fsp3) is 0.267. The predicted molar refractivity (Wildman–Crippen MR) is 75.3 cm³/mol. The molecule has 0 spiro atoms. The molecule has 0 amide bonds. The van der Waals surface area contributed by atoms with Gasteiger partial charge in [0, 0.05) is 32.0 Å². The summed E-state index contributed by atoms with van der Waals surface area (Å²) in [5.74, 6) is -0.244. The molecule has 1 aromatic heterocycles. The van der Waals surface area contributed by atoms with Crippen molar-refractivity contribution in [3.63, 3.8) is 0 Å². The standard InChI is InChI=1S/C15H18FN3/c1-11(17)13-3-4-15(14(16)9-13)19(2)10-12-5-7-18-8-6-12/h3-9,11H,10,17H2,1-2H3. The minimum Gasteiger partial charge on any atom is -0.368 e. The minimum atomic E-state index is -0.244. The van der Waals surface area contributed by atoms with Gasteiger partial charge in [-0.3, -0.25) is 4.98 Å². The van der Waals surface area contributed by atoms with Crippen LogP contribution < -0.4 is 10.6 Å². The summed E-state index contributed by atoms with van der Waals surface area (Å²) in [6.45, 7) is 2.48. The summed E-state index contributed by atoms with van der Waals surface area (Å²) in [5.41, 5.74) is 8.21. The van der Waals surface area contributed by atoms with Crippen molar-refractivity contribution in [3.8, 4) is 0 Å². The second-order valence-electron chi connectivity index (χ2n) is 4.71. The van der Waals surface area contributed by atoms with Crippen LogP contribution in [0.1, 0.15) is 24.1 Å². The van der Waals surface area contributed by atoms with Gasteiger partial charge in [-0.05, 0) is 42.3 Å². The molecule has 1 unspecified atom stereocenters. The van der Waals surface area contributed by atoms with Gasteiger partial charge in [0.1, 0.15) is 5.82 Å². The van der Waals surface area contributed by atoms with Crippen LogP contribution in [-0.4, -0.2) is 12.0 Å². The van der Waals surface area contributed by atoms with Gasteiger partial charge in [0.15, 0.2) is 0 Å². The highest BCUT2D eigenvalue weighted by molar-refractivity contribution is 5.49. The third kappa shape index (κ3) is 3.29. The van der Waals surface area contributed by atoms with Crippen molar-refractivity contribution in [2.45, 2.75) is 19.5 Å². The molecule has 2 rings (SSSR count). The fourth-order valence-corrected chi connectivity index (χ4v) is 1.96. The first-order valence-corrected chi connectivity index (χ1v) is 6.23. The zero-order valence-electron chi connectivity index (χ0n) is 11.2. The van der Waals surface area contributed by atoms with Crippen molar-refractivity contribution < 1.29 is 4.39 Å². The molecular formula is C15H18FN3. The lowest BCUT2D eigenvalue weighted by Gasteiger charge is -2.21. The molecule has 100 valence electrons. The Labute approximate surface area is 112 Å². The van der Waals surface area contributed by atoms with Crippen molar-refractivity contribution in [2.24, 2.45) is 5.73 Å². The lowest BCUT2D eigenvalue weighted by Crippen LogP contribution is -2.18. The van der Waals surface area contributed by atoms with E-state index >= 15 is 0 Å². The number of nitrogens with two attached hydrogens (primary N) is 1. The normalized spacial score (nSPS) is 12.2. The highest BCUT2D eigenvalue weighted by atomic mass is 19.1. The number of pyridine rings is 1. The summed E-state index contributed by atoms with van der Waals surface area (Å²) in [5, 5.41) is 0. The monoisotopic (exact) mass is 259 g/mol. The van der Waals surface area contributed by atoms with E-state index in [0.29, 0.717) is 12.2 Å². The van der Waals surface area contributed by atoms with Crippen molar-refractivity contribution >= 4 is 5.69 Å². The fourth-order valence-electron chi connectivity index (χ4n) is 1.96. The summed E-state index contributed by atoms with van der Waals surface area (Å²) in [4.78, 5) is 5.84. The first-order valence-electron chi connectivity index (χ1n) is 6.23. The first-order chi connectivity index (χ1) is 9.08. The second kappa shape index (κ2) is 5.80. The molecule has 1 heterocycles. The lowest BCUT2D eigenvalue weighted by atomic mass is 10.1. The Bertz CT molecular complexity index is 540. The van der Waals surface area contributed by atoms with Gasteiger partial charge in [0.25, 0.3) is 0 Å². The third-order valence-electron chi connectivity index (χ3n) is 3.08. The molecule has 2 N–H and O–H groups in total. The van der Waals surface area contributed by atoms with E-state index < -0.39 is 0 Å². The van der Waals surface area contributed by atoms with Crippen LogP contribution >= 0.6 is 0 Å². The number of benzene rings is 1. The molecule has 4 heteroatoms. The minimum absolute atomic E-state index is 0.158. The number of hydrogen-bond acceptors (Lipinski definition) is 3. The molecule has 19 heavy (non-hydrogen) atoms. The maximum atomic E-state index is 14.1. The van der Waals surface area contributed by atoms with Gasteiger partial charge in [-0.15, -0.1) is 0 Å². The van der Waals surface area contributed by atoms with E-state index in [0.717, 1.165) is 11.1 Å². The number of rotatable bonds is 4. The van der Waals surface area contributed by atoms with Gasteiger partial charge in [-0.2, -0.15) is 0 Å². The quantitative estimate of drug-likeness (QED) is 0.918. The van der Waals surface area contributed by atoms with Crippen molar-refractivity contribution in [3.05, 3.63) is 59.7 Å². The molecule has 0 saturated heterocycles. The van der Waals surface area contributed by atoms with Crippen molar-refractivity contribution in [1.29, 1.82) is 0 Å². The highest BCUT2D eigenvalue weighted by Crippen LogP contribution is 2.23. The summed E-state index contributed by atoms with van der Waals surface area (Å²) in [7, 11) is 1.87. The van der Waals surface area contributed by atoms with Gasteiger partial charge in [-0.1, -0.05) is 6.07 Å². The molecule has 0 bridgehead atoms. The molecule has 0 fully saturated rings. The van der Waals surface area contributed by atoms with Crippen LogP contribution in [0.15, 0.2) is 42.7 Å². The molecule has 0 aliphatic rings. The number of nitrogens with zero attached hydrogens (tertiary/aromatic N) is 2. The van der Waals surface area contributed by atoms with E-state index in [-0.39, 0.29) is 11.9 Å². The summed E-state index contributed by atoms with van der Waals surface area (Å²) < 4.78 is 14.1. The number of aromatic nitrogens is 1. The Morgan fingerprint density at radius 2 is 1.95 bits per heavy atom. The Kier molecular flexibility index (Phi) is 4.12. The molecule has 1 aromatic carbocycles. The third-order valence-corrected chi connectivity index (χ3v) is 3.08. The zero-order valence-corrected chi connectivity index (χ0v) is 11.2. The van der Waals surface area contributed by atoms with Gasteiger partial charge in [0.05, 0.1) is 5.69 Å². The topological polar surface area (TPSA) is 42.1 Å². The molecule has 0 saturated carbocycles. The van der Waals surface area contributed by atoms with Crippen LogP contribution in [0.4, 0.5) is 10.1 Å². The molecule has 2 aromatic rings. The second-order valence-corrected chi connectivity index (χ2v) is 4.71. The van der Waals surface area contributed by atoms with Gasteiger partial charge in [0.2, 0.25) is 0 Å². The maximum absolute atomic E-state index is 14.1. The first kappa shape index (κ1) is 13.5. The van der Waals surface area contributed by atoms with E-state index in [2.05, 4.69) is 4.98 Å². The summed E-state index contributed by atoms with van der Waals surface area (Å²) >= 11 is 0. The Morgan fingerprint density at radius 3 is 2.53 bits per heavy atom. The van der Waals surface area contributed by atoms with Crippen LogP contribution in [0.5, 0.6) is 0 Å².